The number of hydrogen-bond acceptors (Lipinski definition) is 6. The first kappa shape index (κ1) is 15.4. The number of aromatic nitrogens is 1. The standard InChI is InChI=1S/C12H20N4O3/c1-16(7-10(17)8-19-2)6-9-4-3-5-14-11(9)12(13)15-18/h3-5,10,17-18H,6-8H2,1-2H3,(H2,13,15). The van der Waals surface area contributed by atoms with E-state index in [1.54, 1.807) is 19.4 Å². The molecule has 19 heavy (non-hydrogen) atoms. The lowest BCUT2D eigenvalue weighted by molar-refractivity contribution is 0.0418. The van der Waals surface area contributed by atoms with Gasteiger partial charge in [0.05, 0.1) is 12.7 Å². The Bertz CT molecular complexity index is 425. The number of nitrogens with zero attached hydrogens (tertiary/aromatic N) is 3. The minimum absolute atomic E-state index is 0.0264. The molecule has 106 valence electrons. The summed E-state index contributed by atoms with van der Waals surface area (Å²) in [6.07, 6.45) is 1.02. The number of ether oxygens (including phenoxy) is 1. The highest BCUT2D eigenvalue weighted by atomic mass is 16.5. The van der Waals surface area contributed by atoms with Gasteiger partial charge >= 0.3 is 0 Å². The maximum atomic E-state index is 9.65. The first-order valence-corrected chi connectivity index (χ1v) is 5.85. The summed E-state index contributed by atoms with van der Waals surface area (Å²) in [6.45, 7) is 1.27. The number of hydrogen-bond donors (Lipinski definition) is 3. The minimum atomic E-state index is -0.557. The average molecular weight is 268 g/mol. The Hall–Kier alpha value is -1.70. The smallest absolute Gasteiger partial charge is 0.189 e. The van der Waals surface area contributed by atoms with Crippen LogP contribution in [0.15, 0.2) is 23.5 Å². The largest absolute Gasteiger partial charge is 0.409 e. The fraction of sp³-hybridized carbons (Fsp3) is 0.500. The number of oxime groups is 1. The van der Waals surface area contributed by atoms with Crippen molar-refractivity contribution in [1.82, 2.24) is 9.88 Å². The topological polar surface area (TPSA) is 104 Å². The van der Waals surface area contributed by atoms with E-state index in [-0.39, 0.29) is 12.4 Å². The molecule has 1 aromatic heterocycles. The number of aliphatic hydroxyl groups is 1. The normalized spacial score (nSPS) is 13.8. The molecule has 0 amide bonds. The molecule has 0 saturated heterocycles. The Morgan fingerprint density at radius 1 is 1.63 bits per heavy atom. The van der Waals surface area contributed by atoms with E-state index in [1.165, 1.54) is 0 Å². The van der Waals surface area contributed by atoms with E-state index in [0.29, 0.717) is 18.8 Å². The van der Waals surface area contributed by atoms with Crippen molar-refractivity contribution >= 4 is 5.84 Å². The lowest BCUT2D eigenvalue weighted by atomic mass is 10.1. The maximum Gasteiger partial charge on any atom is 0.189 e. The van der Waals surface area contributed by atoms with Crippen LogP contribution < -0.4 is 5.73 Å². The number of amidine groups is 1. The zero-order valence-electron chi connectivity index (χ0n) is 11.2. The molecule has 0 saturated carbocycles. The summed E-state index contributed by atoms with van der Waals surface area (Å²) in [5.41, 5.74) is 6.84. The number of aliphatic hydroxyl groups excluding tert-OH is 1. The third-order valence-electron chi connectivity index (χ3n) is 2.56. The molecule has 0 aromatic carbocycles. The van der Waals surface area contributed by atoms with Crippen molar-refractivity contribution in [3.63, 3.8) is 0 Å². The van der Waals surface area contributed by atoms with Gasteiger partial charge in [-0.1, -0.05) is 11.2 Å². The molecule has 1 heterocycles. The molecule has 0 radical (unpaired) electrons. The molecular weight excluding hydrogens is 248 g/mol. The predicted octanol–water partition coefficient (Wildman–Crippen LogP) is -0.385. The lowest BCUT2D eigenvalue weighted by Gasteiger charge is -2.21. The summed E-state index contributed by atoms with van der Waals surface area (Å²) in [5, 5.41) is 21.3. The zero-order valence-corrected chi connectivity index (χ0v) is 11.2. The Balaban J connectivity index is 2.71. The van der Waals surface area contributed by atoms with Crippen molar-refractivity contribution in [2.75, 3.05) is 27.3 Å². The molecule has 0 aliphatic rings. The van der Waals surface area contributed by atoms with E-state index >= 15 is 0 Å². The molecule has 0 fully saturated rings. The Labute approximate surface area is 112 Å². The van der Waals surface area contributed by atoms with Crippen LogP contribution in [-0.4, -0.2) is 59.4 Å². The van der Waals surface area contributed by atoms with Crippen LogP contribution >= 0.6 is 0 Å². The van der Waals surface area contributed by atoms with Crippen LogP contribution in [0.5, 0.6) is 0 Å². The summed E-state index contributed by atoms with van der Waals surface area (Å²) in [7, 11) is 3.41. The van der Waals surface area contributed by atoms with E-state index in [2.05, 4.69) is 10.1 Å². The Kier molecular flexibility index (Phi) is 6.20. The van der Waals surface area contributed by atoms with E-state index < -0.39 is 6.10 Å². The van der Waals surface area contributed by atoms with E-state index in [4.69, 9.17) is 15.7 Å². The molecule has 7 heteroatoms. The first-order valence-electron chi connectivity index (χ1n) is 5.85. The van der Waals surface area contributed by atoms with Crippen molar-refractivity contribution in [1.29, 1.82) is 0 Å². The van der Waals surface area contributed by atoms with Gasteiger partial charge in [0.15, 0.2) is 5.84 Å². The van der Waals surface area contributed by atoms with Gasteiger partial charge in [0.25, 0.3) is 0 Å². The minimum Gasteiger partial charge on any atom is -0.409 e. The van der Waals surface area contributed by atoms with Crippen LogP contribution in [0.1, 0.15) is 11.3 Å². The molecular formula is C12H20N4O3. The molecule has 7 nitrogen and oxygen atoms in total. The SMILES string of the molecule is COCC(O)CN(C)Cc1cccnc1C(N)=NO. The second kappa shape index (κ2) is 7.67. The molecule has 4 N–H and O–H groups in total. The highest BCUT2D eigenvalue weighted by Gasteiger charge is 2.12. The molecule has 1 atom stereocenters. The summed E-state index contributed by atoms with van der Waals surface area (Å²) < 4.78 is 4.87. The zero-order chi connectivity index (χ0) is 14.3. The van der Waals surface area contributed by atoms with Crippen molar-refractivity contribution in [2.45, 2.75) is 12.6 Å². The second-order valence-electron chi connectivity index (χ2n) is 4.30. The lowest BCUT2D eigenvalue weighted by Crippen LogP contribution is -2.32. The van der Waals surface area contributed by atoms with Crippen LogP contribution in [0.3, 0.4) is 0 Å². The molecule has 0 bridgehead atoms. The van der Waals surface area contributed by atoms with Gasteiger partial charge in [0.1, 0.15) is 5.69 Å². The summed E-state index contributed by atoms with van der Waals surface area (Å²) in [6, 6.07) is 3.63. The second-order valence-corrected chi connectivity index (χ2v) is 4.30. The number of pyridine rings is 1. The van der Waals surface area contributed by atoms with Crippen molar-refractivity contribution < 1.29 is 15.1 Å². The predicted molar refractivity (Wildman–Crippen MR) is 71.0 cm³/mol. The van der Waals surface area contributed by atoms with Gasteiger partial charge in [-0.15, -0.1) is 0 Å². The van der Waals surface area contributed by atoms with Gasteiger partial charge in [0, 0.05) is 26.4 Å². The van der Waals surface area contributed by atoms with Gasteiger partial charge in [-0.25, -0.2) is 0 Å². The highest BCUT2D eigenvalue weighted by molar-refractivity contribution is 5.96. The third kappa shape index (κ3) is 4.82. The fourth-order valence-electron chi connectivity index (χ4n) is 1.80. The molecule has 1 rings (SSSR count). The molecule has 0 aliphatic heterocycles. The fourth-order valence-corrected chi connectivity index (χ4v) is 1.80. The molecule has 0 spiro atoms. The van der Waals surface area contributed by atoms with Gasteiger partial charge in [-0.2, -0.15) is 0 Å². The van der Waals surface area contributed by atoms with Crippen LogP contribution in [0, 0.1) is 0 Å². The van der Waals surface area contributed by atoms with Gasteiger partial charge in [-0.3, -0.25) is 9.88 Å². The summed E-state index contributed by atoms with van der Waals surface area (Å²) in [4.78, 5) is 6.00. The van der Waals surface area contributed by atoms with Crippen molar-refractivity contribution in [2.24, 2.45) is 10.9 Å². The van der Waals surface area contributed by atoms with Gasteiger partial charge in [-0.05, 0) is 18.7 Å². The number of nitrogens with two attached hydrogens (primary N) is 1. The number of rotatable bonds is 7. The summed E-state index contributed by atoms with van der Waals surface area (Å²) in [5.74, 6) is -0.0264. The Morgan fingerprint density at radius 2 is 2.37 bits per heavy atom. The maximum absolute atomic E-state index is 9.65. The van der Waals surface area contributed by atoms with E-state index in [1.807, 2.05) is 18.0 Å². The molecule has 1 aromatic rings. The monoisotopic (exact) mass is 268 g/mol. The van der Waals surface area contributed by atoms with Crippen LogP contribution in [0.2, 0.25) is 0 Å². The van der Waals surface area contributed by atoms with Crippen molar-refractivity contribution in [3.8, 4) is 0 Å². The third-order valence-corrected chi connectivity index (χ3v) is 2.56. The van der Waals surface area contributed by atoms with Crippen LogP contribution in [0.25, 0.3) is 0 Å². The van der Waals surface area contributed by atoms with E-state index in [9.17, 15) is 5.11 Å². The average Bonchev–Trinajstić information content (AvgIpc) is 2.38. The molecule has 1 unspecified atom stereocenters. The van der Waals surface area contributed by atoms with Gasteiger partial charge < -0.3 is 20.8 Å². The number of methoxy groups -OCH3 is 1. The highest BCUT2D eigenvalue weighted by Crippen LogP contribution is 2.08. The Morgan fingerprint density at radius 3 is 3.00 bits per heavy atom. The summed E-state index contributed by atoms with van der Waals surface area (Å²) >= 11 is 0. The molecule has 0 aliphatic carbocycles. The van der Waals surface area contributed by atoms with E-state index in [0.717, 1.165) is 5.56 Å². The first-order chi connectivity index (χ1) is 9.08. The van der Waals surface area contributed by atoms with Crippen LogP contribution in [0.4, 0.5) is 0 Å². The van der Waals surface area contributed by atoms with Crippen LogP contribution in [-0.2, 0) is 11.3 Å². The quantitative estimate of drug-likeness (QED) is 0.269. The number of likely N-dealkylation sites (N-methyl/N-ethyl adjacent to an activating group) is 1. The van der Waals surface area contributed by atoms with Gasteiger partial charge in [0.2, 0.25) is 0 Å². The van der Waals surface area contributed by atoms with Crippen molar-refractivity contribution in [3.05, 3.63) is 29.6 Å².